The molecule has 1 aliphatic rings. The van der Waals surface area contributed by atoms with Gasteiger partial charge in [-0.15, -0.1) is 10.2 Å². The molecular formula is C35H38N4O6. The summed E-state index contributed by atoms with van der Waals surface area (Å²) in [6.45, 7) is 5.78. The number of hydrogen-bond donors (Lipinski definition) is 1. The van der Waals surface area contributed by atoms with E-state index in [4.69, 9.17) is 14.2 Å². The number of benzene rings is 3. The first-order chi connectivity index (χ1) is 21.6. The molecule has 0 saturated heterocycles. The summed E-state index contributed by atoms with van der Waals surface area (Å²) >= 11 is 0. The molecule has 0 aliphatic heterocycles. The van der Waals surface area contributed by atoms with Gasteiger partial charge in [-0.25, -0.2) is 9.59 Å². The maximum absolute atomic E-state index is 13.4. The summed E-state index contributed by atoms with van der Waals surface area (Å²) in [5.41, 5.74) is 4.45. The largest absolute Gasteiger partial charge is 0.469 e. The van der Waals surface area contributed by atoms with Crippen LogP contribution in [0.5, 0.6) is 0 Å². The average molecular weight is 611 g/mol. The lowest BCUT2D eigenvalue weighted by Gasteiger charge is -2.25. The minimum Gasteiger partial charge on any atom is -0.469 e. The topological polar surface area (TPSA) is 122 Å². The van der Waals surface area contributed by atoms with Crippen LogP contribution in [0, 0.1) is 0 Å². The monoisotopic (exact) mass is 610 g/mol. The van der Waals surface area contributed by atoms with E-state index in [1.807, 2.05) is 71.3 Å². The maximum atomic E-state index is 13.4. The highest BCUT2D eigenvalue weighted by molar-refractivity contribution is 5.82. The van der Waals surface area contributed by atoms with Crippen LogP contribution >= 0.6 is 0 Å². The lowest BCUT2D eigenvalue weighted by molar-refractivity contribution is -0.157. The molecule has 0 saturated carbocycles. The Hall–Kier alpha value is -4.99. The molecule has 45 heavy (non-hydrogen) atoms. The van der Waals surface area contributed by atoms with Crippen LogP contribution in [-0.4, -0.2) is 58.2 Å². The van der Waals surface area contributed by atoms with Gasteiger partial charge < -0.3 is 24.1 Å². The second kappa shape index (κ2) is 13.8. The van der Waals surface area contributed by atoms with Crippen molar-refractivity contribution in [1.82, 2.24) is 20.1 Å². The predicted molar refractivity (Wildman–Crippen MR) is 168 cm³/mol. The maximum Gasteiger partial charge on any atom is 0.407 e. The van der Waals surface area contributed by atoms with Gasteiger partial charge >= 0.3 is 18.0 Å². The highest BCUT2D eigenvalue weighted by atomic mass is 16.6. The third-order valence-corrected chi connectivity index (χ3v) is 7.56. The van der Waals surface area contributed by atoms with Crippen LogP contribution in [0.25, 0.3) is 22.5 Å². The number of nitrogens with zero attached hydrogens (tertiary/aromatic N) is 3. The van der Waals surface area contributed by atoms with Crippen molar-refractivity contribution >= 4 is 18.0 Å². The fraction of sp³-hybridized carbons (Fsp3) is 0.343. The Labute approximate surface area is 262 Å². The Kier molecular flexibility index (Phi) is 9.61. The third-order valence-electron chi connectivity index (χ3n) is 7.56. The fourth-order valence-electron chi connectivity index (χ4n) is 5.54. The van der Waals surface area contributed by atoms with E-state index >= 15 is 0 Å². The fourth-order valence-corrected chi connectivity index (χ4v) is 5.54. The highest BCUT2D eigenvalue weighted by Crippen LogP contribution is 2.44. The van der Waals surface area contributed by atoms with E-state index in [1.165, 1.54) is 7.11 Å². The molecule has 0 spiro atoms. The number of esters is 2. The molecule has 3 aromatic carbocycles. The van der Waals surface area contributed by atoms with E-state index in [0.717, 1.165) is 27.8 Å². The molecule has 1 heterocycles. The van der Waals surface area contributed by atoms with Crippen LogP contribution in [0.1, 0.15) is 56.5 Å². The number of rotatable bonds is 11. The molecule has 1 aromatic heterocycles. The summed E-state index contributed by atoms with van der Waals surface area (Å²) in [6, 6.07) is 24.6. The van der Waals surface area contributed by atoms with Gasteiger partial charge in [-0.1, -0.05) is 78.9 Å². The van der Waals surface area contributed by atoms with E-state index in [-0.39, 0.29) is 31.3 Å². The molecule has 10 nitrogen and oxygen atoms in total. The van der Waals surface area contributed by atoms with Gasteiger partial charge in [0.05, 0.1) is 7.11 Å². The zero-order valence-corrected chi connectivity index (χ0v) is 26.0. The van der Waals surface area contributed by atoms with Crippen LogP contribution in [0.4, 0.5) is 4.79 Å². The summed E-state index contributed by atoms with van der Waals surface area (Å²) in [4.78, 5) is 38.5. The number of hydrogen-bond acceptors (Lipinski definition) is 8. The van der Waals surface area contributed by atoms with Gasteiger partial charge in [0.1, 0.15) is 24.1 Å². The second-order valence-corrected chi connectivity index (χ2v) is 11.9. The van der Waals surface area contributed by atoms with E-state index in [9.17, 15) is 14.4 Å². The number of amides is 1. The number of alkyl carbamates (subject to hydrolysis) is 1. The SMILES string of the molecule is COC(=O)CCCn1c(C[C@H](NC(=O)OCC2c3ccccc3-c3ccccc32)C(=O)OC(C)(C)C)nnc1-c1ccccc1. The summed E-state index contributed by atoms with van der Waals surface area (Å²) in [7, 11) is 1.35. The number of nitrogens with one attached hydrogen (secondary N) is 1. The molecule has 0 radical (unpaired) electrons. The number of ether oxygens (including phenoxy) is 3. The van der Waals surface area contributed by atoms with Gasteiger partial charge in [-0.3, -0.25) is 4.79 Å². The summed E-state index contributed by atoms with van der Waals surface area (Å²) in [6.07, 6.45) is -0.0747. The Bertz CT molecular complexity index is 1610. The first kappa shape index (κ1) is 31.4. The number of carbonyl (C=O) groups excluding carboxylic acids is 3. The van der Waals surface area contributed by atoms with Gasteiger partial charge in [0, 0.05) is 30.9 Å². The van der Waals surface area contributed by atoms with Crippen LogP contribution in [0.15, 0.2) is 78.9 Å². The van der Waals surface area contributed by atoms with Crippen molar-refractivity contribution in [3.05, 3.63) is 95.8 Å². The zero-order valence-electron chi connectivity index (χ0n) is 26.0. The second-order valence-electron chi connectivity index (χ2n) is 11.9. The zero-order chi connectivity index (χ0) is 32.0. The third kappa shape index (κ3) is 7.57. The molecule has 1 aliphatic carbocycles. The summed E-state index contributed by atoms with van der Waals surface area (Å²) in [5, 5.41) is 11.5. The van der Waals surface area contributed by atoms with E-state index in [1.54, 1.807) is 20.8 Å². The highest BCUT2D eigenvalue weighted by Gasteiger charge is 2.32. The lowest BCUT2D eigenvalue weighted by atomic mass is 9.98. The number of carbonyl (C=O) groups is 3. The molecule has 1 atom stereocenters. The van der Waals surface area contributed by atoms with Crippen molar-refractivity contribution in [2.75, 3.05) is 13.7 Å². The average Bonchev–Trinajstić information content (AvgIpc) is 3.57. The van der Waals surface area contributed by atoms with Gasteiger partial charge in [0.2, 0.25) is 0 Å². The number of aromatic nitrogens is 3. The van der Waals surface area contributed by atoms with Gasteiger partial charge in [-0.2, -0.15) is 0 Å². The minimum absolute atomic E-state index is 0.00281. The van der Waals surface area contributed by atoms with Crippen LogP contribution < -0.4 is 5.32 Å². The smallest absolute Gasteiger partial charge is 0.407 e. The van der Waals surface area contributed by atoms with E-state index < -0.39 is 23.7 Å². The molecular weight excluding hydrogens is 572 g/mol. The predicted octanol–water partition coefficient (Wildman–Crippen LogP) is 5.69. The lowest BCUT2D eigenvalue weighted by Crippen LogP contribution is -2.46. The van der Waals surface area contributed by atoms with Gasteiger partial charge in [0.15, 0.2) is 5.82 Å². The van der Waals surface area contributed by atoms with Gasteiger partial charge in [-0.05, 0) is 49.4 Å². The first-order valence-corrected chi connectivity index (χ1v) is 15.0. The molecule has 0 unspecified atom stereocenters. The van der Waals surface area contributed by atoms with Crippen molar-refractivity contribution in [2.45, 2.75) is 64.1 Å². The van der Waals surface area contributed by atoms with E-state index in [0.29, 0.717) is 24.6 Å². The summed E-state index contributed by atoms with van der Waals surface area (Å²) in [5.74, 6) is -0.0432. The Balaban J connectivity index is 1.36. The Morgan fingerprint density at radius 3 is 2.13 bits per heavy atom. The van der Waals surface area contributed by atoms with E-state index in [2.05, 4.69) is 27.6 Å². The molecule has 234 valence electrons. The molecule has 1 N–H and O–H groups in total. The molecule has 0 bridgehead atoms. The molecule has 1 amide bonds. The summed E-state index contributed by atoms with van der Waals surface area (Å²) < 4.78 is 18.1. The van der Waals surface area contributed by atoms with Crippen LogP contribution in [-0.2, 0) is 36.8 Å². The number of fused-ring (bicyclic) bond motifs is 3. The molecule has 4 aromatic rings. The van der Waals surface area contributed by atoms with Gasteiger partial charge in [0.25, 0.3) is 0 Å². The minimum atomic E-state index is -1.10. The van der Waals surface area contributed by atoms with Crippen LogP contribution in [0.3, 0.4) is 0 Å². The Morgan fingerprint density at radius 2 is 1.51 bits per heavy atom. The quantitative estimate of drug-likeness (QED) is 0.170. The van der Waals surface area contributed by atoms with Crippen molar-refractivity contribution in [3.63, 3.8) is 0 Å². The standard InChI is InChI=1S/C35H38N4O6/c1-35(2,3)45-33(41)29(21-30-37-38-32(23-13-6-5-7-14-23)39(30)20-12-19-31(40)43-4)36-34(42)44-22-28-26-17-10-8-15-24(26)25-16-9-11-18-27(25)28/h5-11,13-18,28-29H,12,19-22H2,1-4H3,(H,36,42)/t29-/m0/s1. The van der Waals surface area contributed by atoms with Crippen LogP contribution in [0.2, 0.25) is 0 Å². The first-order valence-electron chi connectivity index (χ1n) is 15.0. The van der Waals surface area contributed by atoms with Crippen molar-refractivity contribution in [1.29, 1.82) is 0 Å². The van der Waals surface area contributed by atoms with Crippen molar-refractivity contribution in [2.24, 2.45) is 0 Å². The molecule has 0 fully saturated rings. The molecule has 5 rings (SSSR count). The normalized spacial score (nSPS) is 13.0. The number of methoxy groups -OCH3 is 1. The Morgan fingerprint density at radius 1 is 0.889 bits per heavy atom. The van der Waals surface area contributed by atoms with Crippen molar-refractivity contribution < 1.29 is 28.6 Å². The van der Waals surface area contributed by atoms with Crippen molar-refractivity contribution in [3.8, 4) is 22.5 Å². The molecule has 10 heteroatoms.